The van der Waals surface area contributed by atoms with Crippen LogP contribution >= 0.6 is 0 Å². The lowest BCUT2D eigenvalue weighted by Crippen LogP contribution is -2.52. The zero-order valence-electron chi connectivity index (χ0n) is 13.7. The topological polar surface area (TPSA) is 41.1 Å². The number of rotatable bonds is 3. The van der Waals surface area contributed by atoms with E-state index in [1.807, 2.05) is 0 Å². The van der Waals surface area contributed by atoms with Crippen LogP contribution in [-0.4, -0.2) is 25.5 Å². The van der Waals surface area contributed by atoms with Crippen molar-refractivity contribution >= 4 is 5.91 Å². The Morgan fingerprint density at radius 2 is 1.54 bits per heavy atom. The highest BCUT2D eigenvalue weighted by Gasteiger charge is 2.43. The van der Waals surface area contributed by atoms with Gasteiger partial charge in [-0.2, -0.15) is 0 Å². The van der Waals surface area contributed by atoms with Crippen LogP contribution in [0.3, 0.4) is 0 Å². The Hall–Kier alpha value is -2.13. The van der Waals surface area contributed by atoms with Crippen molar-refractivity contribution in [3.8, 4) is 0 Å². The summed E-state index contributed by atoms with van der Waals surface area (Å²) in [7, 11) is 0. The lowest BCUT2D eigenvalue weighted by molar-refractivity contribution is -0.126. The fraction of sp³-hybridized carbons (Fsp3) is 0.381. The molecule has 1 heterocycles. The van der Waals surface area contributed by atoms with E-state index in [1.165, 1.54) is 22.3 Å². The third-order valence-corrected chi connectivity index (χ3v) is 6.11. The molecule has 2 aromatic carbocycles. The zero-order chi connectivity index (χ0) is 16.1. The molecule has 3 nitrogen and oxygen atoms in total. The molecule has 0 spiro atoms. The molecule has 2 bridgehead atoms. The molecule has 1 amide bonds. The molecule has 1 saturated heterocycles. The fourth-order valence-corrected chi connectivity index (χ4v) is 4.81. The highest BCUT2D eigenvalue weighted by Crippen LogP contribution is 2.55. The van der Waals surface area contributed by atoms with Crippen molar-refractivity contribution in [3.63, 3.8) is 0 Å². The predicted molar refractivity (Wildman–Crippen MR) is 94.0 cm³/mol. The molecule has 1 atom stereocenters. The SMILES string of the molecule is O=C(NCC1CC2c3ccccc3C1c1ccccc12)C1CNC1. The van der Waals surface area contributed by atoms with Crippen molar-refractivity contribution in [2.75, 3.05) is 19.6 Å². The molecule has 1 aliphatic heterocycles. The highest BCUT2D eigenvalue weighted by molar-refractivity contribution is 5.80. The van der Waals surface area contributed by atoms with E-state index in [9.17, 15) is 4.79 Å². The molecule has 0 radical (unpaired) electrons. The number of hydrogen-bond donors (Lipinski definition) is 2. The third-order valence-electron chi connectivity index (χ3n) is 6.11. The van der Waals surface area contributed by atoms with Crippen LogP contribution in [-0.2, 0) is 4.79 Å². The van der Waals surface area contributed by atoms with Gasteiger partial charge in [-0.25, -0.2) is 0 Å². The molecular formula is C21H22N2O. The lowest BCUT2D eigenvalue weighted by atomic mass is 9.59. The Balaban J connectivity index is 1.46. The van der Waals surface area contributed by atoms with E-state index in [1.54, 1.807) is 0 Å². The summed E-state index contributed by atoms with van der Waals surface area (Å²) in [4.78, 5) is 12.2. The fourth-order valence-electron chi connectivity index (χ4n) is 4.81. The normalized spacial score (nSPS) is 27.1. The number of nitrogens with one attached hydrogen (secondary N) is 2. The molecule has 0 aromatic heterocycles. The molecule has 3 heteroatoms. The predicted octanol–water partition coefficient (Wildman–Crippen LogP) is 2.62. The smallest absolute Gasteiger partial charge is 0.225 e. The first-order valence-corrected chi connectivity index (χ1v) is 8.99. The van der Waals surface area contributed by atoms with Gasteiger partial charge in [0.05, 0.1) is 5.92 Å². The second kappa shape index (κ2) is 5.45. The van der Waals surface area contributed by atoms with Crippen LogP contribution in [0.1, 0.15) is 40.5 Å². The van der Waals surface area contributed by atoms with Crippen molar-refractivity contribution in [2.45, 2.75) is 18.3 Å². The average molecular weight is 318 g/mol. The van der Waals surface area contributed by atoms with Crippen LogP contribution in [0.4, 0.5) is 0 Å². The average Bonchev–Trinajstić information content (AvgIpc) is 2.59. The van der Waals surface area contributed by atoms with Gasteiger partial charge in [-0.15, -0.1) is 0 Å². The molecule has 0 saturated carbocycles. The first kappa shape index (κ1) is 14.2. The van der Waals surface area contributed by atoms with Crippen molar-refractivity contribution in [2.24, 2.45) is 11.8 Å². The van der Waals surface area contributed by atoms with Crippen LogP contribution in [0, 0.1) is 11.8 Å². The van der Waals surface area contributed by atoms with Crippen molar-refractivity contribution in [1.82, 2.24) is 10.6 Å². The minimum atomic E-state index is 0.172. The largest absolute Gasteiger partial charge is 0.355 e. The van der Waals surface area contributed by atoms with Crippen molar-refractivity contribution in [1.29, 1.82) is 0 Å². The minimum Gasteiger partial charge on any atom is -0.355 e. The number of benzene rings is 2. The Morgan fingerprint density at radius 1 is 0.958 bits per heavy atom. The van der Waals surface area contributed by atoms with Gasteiger partial charge >= 0.3 is 0 Å². The molecule has 24 heavy (non-hydrogen) atoms. The molecule has 4 aliphatic rings. The standard InChI is InChI=1S/C21H22N2O/c24-21(14-10-22-11-14)23-12-13-9-19-15-5-1-3-7-17(15)20(13)18-8-4-2-6-16(18)19/h1-8,13-14,19-20,22H,9-12H2,(H,23,24). The van der Waals surface area contributed by atoms with E-state index < -0.39 is 0 Å². The summed E-state index contributed by atoms with van der Waals surface area (Å²) in [6, 6.07) is 17.8. The van der Waals surface area contributed by atoms with Gasteiger partial charge in [-0.05, 0) is 34.6 Å². The van der Waals surface area contributed by atoms with Gasteiger partial charge in [-0.1, -0.05) is 48.5 Å². The minimum absolute atomic E-state index is 0.172. The van der Waals surface area contributed by atoms with Gasteiger partial charge in [0.15, 0.2) is 0 Å². The van der Waals surface area contributed by atoms with Crippen LogP contribution < -0.4 is 10.6 Å². The Morgan fingerprint density at radius 3 is 2.08 bits per heavy atom. The summed E-state index contributed by atoms with van der Waals surface area (Å²) in [6.45, 7) is 2.45. The Kier molecular flexibility index (Phi) is 3.23. The van der Waals surface area contributed by atoms with Gasteiger partial charge in [0.2, 0.25) is 5.91 Å². The monoisotopic (exact) mass is 318 g/mol. The van der Waals surface area contributed by atoms with Crippen molar-refractivity contribution in [3.05, 3.63) is 70.8 Å². The van der Waals surface area contributed by atoms with Gasteiger partial charge in [0.25, 0.3) is 0 Å². The summed E-state index contributed by atoms with van der Waals surface area (Å²) in [6.07, 6.45) is 1.14. The van der Waals surface area contributed by atoms with Gasteiger partial charge < -0.3 is 10.6 Å². The molecular weight excluding hydrogens is 296 g/mol. The first-order chi connectivity index (χ1) is 11.8. The molecule has 2 N–H and O–H groups in total. The molecule has 2 aromatic rings. The molecule has 1 fully saturated rings. The van der Waals surface area contributed by atoms with Crippen LogP contribution in [0.5, 0.6) is 0 Å². The number of hydrogen-bond acceptors (Lipinski definition) is 2. The number of fused-ring (bicyclic) bond motifs is 1. The van der Waals surface area contributed by atoms with Crippen LogP contribution in [0.25, 0.3) is 0 Å². The van der Waals surface area contributed by atoms with Gasteiger partial charge in [0.1, 0.15) is 0 Å². The maximum Gasteiger partial charge on any atom is 0.225 e. The zero-order valence-corrected chi connectivity index (χ0v) is 13.7. The summed E-state index contributed by atoms with van der Waals surface area (Å²) in [5, 5.41) is 6.39. The quantitative estimate of drug-likeness (QED) is 0.913. The highest BCUT2D eigenvalue weighted by atomic mass is 16.2. The maximum atomic E-state index is 12.2. The second-order valence-electron chi connectivity index (χ2n) is 7.38. The Labute approximate surface area is 142 Å². The number of amides is 1. The Bertz CT molecular complexity index is 748. The van der Waals surface area contributed by atoms with E-state index in [-0.39, 0.29) is 11.8 Å². The van der Waals surface area contributed by atoms with E-state index in [0.29, 0.717) is 17.8 Å². The van der Waals surface area contributed by atoms with E-state index in [2.05, 4.69) is 59.2 Å². The van der Waals surface area contributed by atoms with E-state index >= 15 is 0 Å². The summed E-state index contributed by atoms with van der Waals surface area (Å²) >= 11 is 0. The summed E-state index contributed by atoms with van der Waals surface area (Å²) in [5.41, 5.74) is 5.92. The van der Waals surface area contributed by atoms with Crippen molar-refractivity contribution < 1.29 is 4.79 Å². The number of carbonyl (C=O) groups excluding carboxylic acids is 1. The van der Waals surface area contributed by atoms with E-state index in [0.717, 1.165) is 26.1 Å². The van der Waals surface area contributed by atoms with Crippen LogP contribution in [0.15, 0.2) is 48.5 Å². The molecule has 122 valence electrons. The lowest BCUT2D eigenvalue weighted by Gasteiger charge is -2.45. The second-order valence-corrected chi connectivity index (χ2v) is 7.38. The maximum absolute atomic E-state index is 12.2. The van der Waals surface area contributed by atoms with Gasteiger partial charge in [0, 0.05) is 31.5 Å². The molecule has 1 unspecified atom stereocenters. The molecule has 3 aliphatic carbocycles. The first-order valence-electron chi connectivity index (χ1n) is 8.99. The number of carbonyl (C=O) groups is 1. The third kappa shape index (κ3) is 2.04. The summed E-state index contributed by atoms with van der Waals surface area (Å²) < 4.78 is 0. The summed E-state index contributed by atoms with van der Waals surface area (Å²) in [5.74, 6) is 1.79. The molecule has 6 rings (SSSR count). The van der Waals surface area contributed by atoms with Crippen LogP contribution in [0.2, 0.25) is 0 Å². The van der Waals surface area contributed by atoms with E-state index in [4.69, 9.17) is 0 Å². The van der Waals surface area contributed by atoms with Gasteiger partial charge in [-0.3, -0.25) is 4.79 Å².